The first kappa shape index (κ1) is 17.2. The molecule has 0 atom stereocenters. The van der Waals surface area contributed by atoms with Crippen molar-refractivity contribution in [3.63, 3.8) is 0 Å². The Kier molecular flexibility index (Phi) is 4.57. The van der Waals surface area contributed by atoms with E-state index in [1.54, 1.807) is 29.2 Å². The maximum absolute atomic E-state index is 13.2. The number of nitrogens with two attached hydrogens (primary N) is 1. The van der Waals surface area contributed by atoms with Crippen LogP contribution in [0.3, 0.4) is 0 Å². The Bertz CT molecular complexity index is 1030. The number of nitrogen functional groups attached to an aromatic ring is 1. The van der Waals surface area contributed by atoms with Gasteiger partial charge in [-0.2, -0.15) is 0 Å². The van der Waals surface area contributed by atoms with Crippen molar-refractivity contribution in [1.82, 2.24) is 0 Å². The maximum Gasteiger partial charge on any atom is 0.294 e. The molecule has 5 heteroatoms. The summed E-state index contributed by atoms with van der Waals surface area (Å²) in [4.78, 5) is 14.8. The monoisotopic (exact) mass is 376 g/mol. The number of hydrogen-bond donors (Lipinski definition) is 1. The lowest BCUT2D eigenvalue weighted by molar-refractivity contribution is -0.117. The Hall–Kier alpha value is -3.24. The van der Waals surface area contributed by atoms with Gasteiger partial charge in [-0.15, -0.1) is 0 Å². The van der Waals surface area contributed by atoms with Crippen LogP contribution in [0, 0.1) is 0 Å². The smallest absolute Gasteiger partial charge is 0.294 e. The second-order valence-corrected chi connectivity index (χ2v) is 6.64. The summed E-state index contributed by atoms with van der Waals surface area (Å²) in [5, 5.41) is 0.607. The van der Waals surface area contributed by atoms with Crippen LogP contribution in [0.25, 0.3) is 6.08 Å². The Morgan fingerprint density at radius 2 is 1.74 bits per heavy atom. The molecule has 4 rings (SSSR count). The second kappa shape index (κ2) is 7.17. The highest BCUT2D eigenvalue weighted by molar-refractivity contribution is 6.31. The number of carbonyl (C=O) groups is 1. The zero-order chi connectivity index (χ0) is 18.8. The third-order valence-electron chi connectivity index (χ3n) is 4.33. The molecule has 3 aromatic rings. The molecule has 3 aromatic carbocycles. The van der Waals surface area contributed by atoms with Crippen molar-refractivity contribution < 1.29 is 9.53 Å². The average Bonchev–Trinajstić information content (AvgIpc) is 2.68. The molecule has 1 amide bonds. The van der Waals surface area contributed by atoms with Gasteiger partial charge in [-0.3, -0.25) is 9.69 Å². The molecule has 0 radical (unpaired) electrons. The molecule has 0 fully saturated rings. The van der Waals surface area contributed by atoms with Crippen molar-refractivity contribution >= 4 is 35.0 Å². The lowest BCUT2D eigenvalue weighted by Crippen LogP contribution is -2.37. The number of benzene rings is 3. The van der Waals surface area contributed by atoms with E-state index >= 15 is 0 Å². The Labute approximate surface area is 162 Å². The average molecular weight is 377 g/mol. The predicted octanol–water partition coefficient (Wildman–Crippen LogP) is 4.89. The molecule has 0 saturated heterocycles. The van der Waals surface area contributed by atoms with E-state index in [0.717, 1.165) is 11.1 Å². The molecule has 0 bridgehead atoms. The van der Waals surface area contributed by atoms with E-state index in [4.69, 9.17) is 22.1 Å². The minimum atomic E-state index is -0.239. The number of amides is 1. The number of rotatable bonds is 3. The normalized spacial score (nSPS) is 14.8. The molecule has 1 aliphatic heterocycles. The highest BCUT2D eigenvalue weighted by atomic mass is 35.5. The summed E-state index contributed by atoms with van der Waals surface area (Å²) >= 11 is 6.31. The lowest BCUT2D eigenvalue weighted by Gasteiger charge is -2.31. The molecule has 0 aromatic heterocycles. The number of hydrogen-bond acceptors (Lipinski definition) is 3. The van der Waals surface area contributed by atoms with Gasteiger partial charge >= 0.3 is 0 Å². The van der Waals surface area contributed by atoms with Gasteiger partial charge < -0.3 is 10.5 Å². The first-order valence-corrected chi connectivity index (χ1v) is 8.89. The summed E-state index contributed by atoms with van der Waals surface area (Å²) in [6.07, 6.45) is 1.74. The summed E-state index contributed by atoms with van der Waals surface area (Å²) < 4.78 is 5.88. The number of nitrogens with zero attached hydrogens (tertiary/aromatic N) is 1. The number of carbonyl (C=O) groups excluding carboxylic acids is 1. The topological polar surface area (TPSA) is 55.6 Å². The second-order valence-electron chi connectivity index (χ2n) is 6.23. The van der Waals surface area contributed by atoms with Crippen LogP contribution in [0.1, 0.15) is 11.1 Å². The minimum absolute atomic E-state index is 0.239. The van der Waals surface area contributed by atoms with Gasteiger partial charge in [0.05, 0.1) is 12.2 Å². The molecule has 0 spiro atoms. The van der Waals surface area contributed by atoms with E-state index in [2.05, 4.69) is 0 Å². The van der Waals surface area contributed by atoms with Crippen LogP contribution >= 0.6 is 11.6 Å². The summed E-state index contributed by atoms with van der Waals surface area (Å²) in [5.74, 6) is 0.598. The number of anilines is 2. The number of halogens is 1. The zero-order valence-electron chi connectivity index (χ0n) is 14.4. The van der Waals surface area contributed by atoms with Crippen LogP contribution in [-0.2, 0) is 11.3 Å². The summed E-state index contributed by atoms with van der Waals surface area (Å²) in [5.41, 5.74) is 8.86. The first-order valence-electron chi connectivity index (χ1n) is 8.51. The number of ether oxygens (including phenoxy) is 1. The Morgan fingerprint density at radius 1 is 1.00 bits per heavy atom. The Balaban J connectivity index is 1.78. The maximum atomic E-state index is 13.2. The highest BCUT2D eigenvalue weighted by Crippen LogP contribution is 2.38. The van der Waals surface area contributed by atoms with E-state index in [0.29, 0.717) is 28.7 Å². The van der Waals surface area contributed by atoms with Gasteiger partial charge in [-0.1, -0.05) is 60.1 Å². The molecule has 27 heavy (non-hydrogen) atoms. The zero-order valence-corrected chi connectivity index (χ0v) is 15.2. The fourth-order valence-corrected chi connectivity index (χ4v) is 3.18. The summed E-state index contributed by atoms with van der Waals surface area (Å²) in [7, 11) is 0. The molecule has 4 nitrogen and oxygen atoms in total. The lowest BCUT2D eigenvalue weighted by atomic mass is 10.1. The fourth-order valence-electron chi connectivity index (χ4n) is 2.98. The van der Waals surface area contributed by atoms with Gasteiger partial charge in [-0.25, -0.2) is 0 Å². The highest BCUT2D eigenvalue weighted by Gasteiger charge is 2.31. The van der Waals surface area contributed by atoms with E-state index in [1.807, 2.05) is 54.6 Å². The molecule has 2 N–H and O–H groups in total. The van der Waals surface area contributed by atoms with Gasteiger partial charge in [0.2, 0.25) is 0 Å². The molecular formula is C22H17ClN2O2. The van der Waals surface area contributed by atoms with E-state index in [9.17, 15) is 4.79 Å². The van der Waals surface area contributed by atoms with Gasteiger partial charge in [0.15, 0.2) is 11.5 Å². The van der Waals surface area contributed by atoms with Gasteiger partial charge in [0.1, 0.15) is 0 Å². The number of fused-ring (bicyclic) bond motifs is 1. The third kappa shape index (κ3) is 3.52. The van der Waals surface area contributed by atoms with E-state index < -0.39 is 0 Å². The van der Waals surface area contributed by atoms with Crippen LogP contribution in [0.2, 0.25) is 5.02 Å². The van der Waals surface area contributed by atoms with Crippen molar-refractivity contribution in [2.24, 2.45) is 0 Å². The SMILES string of the molecule is Nc1ccc2c(c1)N(Cc1ccccc1Cl)C(=O)/C(=C\c1ccccc1)O2. The van der Waals surface area contributed by atoms with Gasteiger partial charge in [0.25, 0.3) is 5.91 Å². The van der Waals surface area contributed by atoms with E-state index in [-0.39, 0.29) is 11.7 Å². The molecule has 0 aliphatic carbocycles. The Morgan fingerprint density at radius 3 is 2.52 bits per heavy atom. The standard InChI is InChI=1S/C22H17ClN2O2/c23-18-9-5-4-8-16(18)14-25-19-13-17(24)10-11-20(19)27-21(22(25)26)12-15-6-2-1-3-7-15/h1-13H,14,24H2/b21-12+. The molecule has 1 aliphatic rings. The first-order chi connectivity index (χ1) is 13.1. The van der Waals surface area contributed by atoms with Crippen LogP contribution < -0.4 is 15.4 Å². The molecule has 0 saturated carbocycles. The molecule has 134 valence electrons. The third-order valence-corrected chi connectivity index (χ3v) is 4.70. The summed E-state index contributed by atoms with van der Waals surface area (Å²) in [6, 6.07) is 22.3. The molecular weight excluding hydrogens is 360 g/mol. The van der Waals surface area contributed by atoms with Crippen molar-refractivity contribution in [1.29, 1.82) is 0 Å². The predicted molar refractivity (Wildman–Crippen MR) is 109 cm³/mol. The van der Waals surface area contributed by atoms with Crippen molar-refractivity contribution in [3.8, 4) is 5.75 Å². The van der Waals surface area contributed by atoms with Crippen LogP contribution in [0.15, 0.2) is 78.6 Å². The van der Waals surface area contributed by atoms with Gasteiger partial charge in [-0.05, 0) is 41.5 Å². The van der Waals surface area contributed by atoms with E-state index in [1.165, 1.54) is 0 Å². The summed E-state index contributed by atoms with van der Waals surface area (Å²) in [6.45, 7) is 0.324. The quantitative estimate of drug-likeness (QED) is 0.523. The van der Waals surface area contributed by atoms with Crippen LogP contribution in [-0.4, -0.2) is 5.91 Å². The minimum Gasteiger partial charge on any atom is -0.449 e. The van der Waals surface area contributed by atoms with Crippen LogP contribution in [0.5, 0.6) is 5.75 Å². The van der Waals surface area contributed by atoms with Crippen molar-refractivity contribution in [2.45, 2.75) is 6.54 Å². The molecule has 1 heterocycles. The van der Waals surface area contributed by atoms with Crippen molar-refractivity contribution in [3.05, 3.63) is 94.7 Å². The van der Waals surface area contributed by atoms with Crippen LogP contribution in [0.4, 0.5) is 11.4 Å². The largest absolute Gasteiger partial charge is 0.449 e. The van der Waals surface area contributed by atoms with Gasteiger partial charge in [0, 0.05) is 10.7 Å². The van der Waals surface area contributed by atoms with Crippen molar-refractivity contribution in [2.75, 3.05) is 10.6 Å². The molecule has 0 unspecified atom stereocenters. The fraction of sp³-hybridized carbons (Fsp3) is 0.0455.